The van der Waals surface area contributed by atoms with Crippen molar-refractivity contribution in [2.45, 2.75) is 44.2 Å². The van der Waals surface area contributed by atoms with Gasteiger partial charge in [0.1, 0.15) is 0 Å². The lowest BCUT2D eigenvalue weighted by Crippen LogP contribution is -2.36. The van der Waals surface area contributed by atoms with E-state index in [1.807, 2.05) is 19.2 Å². The van der Waals surface area contributed by atoms with Gasteiger partial charge in [-0.2, -0.15) is 5.10 Å². The van der Waals surface area contributed by atoms with E-state index < -0.39 is 11.5 Å². The van der Waals surface area contributed by atoms with Crippen molar-refractivity contribution in [2.75, 3.05) is 5.32 Å². The number of primary amides is 1. The first kappa shape index (κ1) is 15.3. The molecular formula is C15H19BrN4O2. The fraction of sp³-hybridized carbons (Fsp3) is 0.467. The molecule has 6 nitrogen and oxygen atoms in total. The standard InChI is InChI=1S/C15H19BrN4O2/c1-15(22)4-2-10(3-5-15)19-13-11(14(17)21)7-18-20-8-9(16)6-12(13)20/h6-8,10,19,22H,2-5H2,1H3,(H2,17,21). The summed E-state index contributed by atoms with van der Waals surface area (Å²) in [6.07, 6.45) is 6.49. The predicted octanol–water partition coefficient (Wildman–Crippen LogP) is 2.30. The first-order valence-corrected chi connectivity index (χ1v) is 8.11. The number of carbonyl (C=O) groups excluding carboxylic acids is 1. The second-order valence-electron chi connectivity index (χ2n) is 6.20. The van der Waals surface area contributed by atoms with Crippen molar-refractivity contribution >= 4 is 33.0 Å². The Morgan fingerprint density at radius 3 is 2.86 bits per heavy atom. The van der Waals surface area contributed by atoms with E-state index in [1.165, 1.54) is 6.20 Å². The number of nitrogens with two attached hydrogens (primary N) is 1. The molecule has 1 aliphatic carbocycles. The molecule has 118 valence electrons. The summed E-state index contributed by atoms with van der Waals surface area (Å²) in [5.74, 6) is -0.502. The van der Waals surface area contributed by atoms with Crippen molar-refractivity contribution in [3.63, 3.8) is 0 Å². The molecule has 0 unspecified atom stereocenters. The van der Waals surface area contributed by atoms with Crippen molar-refractivity contribution < 1.29 is 9.90 Å². The molecule has 0 atom stereocenters. The zero-order chi connectivity index (χ0) is 15.9. The van der Waals surface area contributed by atoms with Gasteiger partial charge in [0.15, 0.2) is 0 Å². The fourth-order valence-corrected chi connectivity index (χ4v) is 3.36. The molecule has 2 heterocycles. The Hall–Kier alpha value is -1.60. The monoisotopic (exact) mass is 366 g/mol. The van der Waals surface area contributed by atoms with Gasteiger partial charge in [-0.1, -0.05) is 0 Å². The lowest BCUT2D eigenvalue weighted by Gasteiger charge is -2.34. The van der Waals surface area contributed by atoms with Crippen LogP contribution < -0.4 is 11.1 Å². The third-order valence-corrected chi connectivity index (χ3v) is 4.71. The van der Waals surface area contributed by atoms with E-state index in [4.69, 9.17) is 5.73 Å². The highest BCUT2D eigenvalue weighted by molar-refractivity contribution is 9.10. The zero-order valence-corrected chi connectivity index (χ0v) is 13.9. The molecule has 2 aromatic heterocycles. The SMILES string of the molecule is CC1(O)CCC(Nc2c(C(N)=O)cnn3cc(Br)cc23)CC1. The van der Waals surface area contributed by atoms with Gasteiger partial charge in [-0.25, -0.2) is 4.52 Å². The maximum atomic E-state index is 11.7. The second-order valence-corrected chi connectivity index (χ2v) is 7.12. The number of hydrogen-bond donors (Lipinski definition) is 3. The minimum atomic E-state index is -0.587. The largest absolute Gasteiger partial charge is 0.390 e. The summed E-state index contributed by atoms with van der Waals surface area (Å²) in [6, 6.07) is 2.11. The molecule has 4 N–H and O–H groups in total. The summed E-state index contributed by atoms with van der Waals surface area (Å²) in [7, 11) is 0. The Labute approximate surface area is 136 Å². The molecule has 0 saturated heterocycles. The fourth-order valence-electron chi connectivity index (χ4n) is 2.95. The van der Waals surface area contributed by atoms with E-state index in [0.717, 1.165) is 35.7 Å². The molecule has 22 heavy (non-hydrogen) atoms. The Balaban J connectivity index is 1.94. The van der Waals surface area contributed by atoms with Crippen LogP contribution in [0.5, 0.6) is 0 Å². The molecule has 7 heteroatoms. The molecule has 1 aliphatic rings. The topological polar surface area (TPSA) is 92.6 Å². The molecular weight excluding hydrogens is 348 g/mol. The third-order valence-electron chi connectivity index (χ3n) is 4.28. The molecule has 0 radical (unpaired) electrons. The van der Waals surface area contributed by atoms with Crippen LogP contribution in [0, 0.1) is 0 Å². The summed E-state index contributed by atoms with van der Waals surface area (Å²) in [5, 5.41) is 17.7. The predicted molar refractivity (Wildman–Crippen MR) is 87.9 cm³/mol. The van der Waals surface area contributed by atoms with Gasteiger partial charge in [0.25, 0.3) is 5.91 Å². The molecule has 1 amide bonds. The highest BCUT2D eigenvalue weighted by Crippen LogP contribution is 2.32. The van der Waals surface area contributed by atoms with Gasteiger partial charge in [-0.15, -0.1) is 0 Å². The van der Waals surface area contributed by atoms with E-state index in [2.05, 4.69) is 26.3 Å². The van der Waals surface area contributed by atoms with Crippen molar-refractivity contribution in [1.82, 2.24) is 9.61 Å². The number of nitrogens with zero attached hydrogens (tertiary/aromatic N) is 2. The first-order chi connectivity index (χ1) is 10.4. The number of halogens is 1. The quantitative estimate of drug-likeness (QED) is 0.776. The average molecular weight is 367 g/mol. The summed E-state index contributed by atoms with van der Waals surface area (Å²) < 4.78 is 2.59. The van der Waals surface area contributed by atoms with Gasteiger partial charge < -0.3 is 16.2 Å². The Morgan fingerprint density at radius 1 is 1.55 bits per heavy atom. The number of anilines is 1. The Morgan fingerprint density at radius 2 is 2.23 bits per heavy atom. The minimum absolute atomic E-state index is 0.207. The molecule has 1 fully saturated rings. The van der Waals surface area contributed by atoms with Crippen LogP contribution >= 0.6 is 15.9 Å². The van der Waals surface area contributed by atoms with Crippen molar-refractivity contribution in [3.8, 4) is 0 Å². The summed E-state index contributed by atoms with van der Waals surface area (Å²) in [4.78, 5) is 11.7. The van der Waals surface area contributed by atoms with Gasteiger partial charge in [-0.05, 0) is 54.6 Å². The number of hydrogen-bond acceptors (Lipinski definition) is 4. The summed E-state index contributed by atoms with van der Waals surface area (Å²) >= 11 is 3.42. The van der Waals surface area contributed by atoms with Crippen LogP contribution in [0.1, 0.15) is 43.0 Å². The van der Waals surface area contributed by atoms with Crippen molar-refractivity contribution in [3.05, 3.63) is 28.5 Å². The van der Waals surface area contributed by atoms with Crippen LogP contribution in [0.2, 0.25) is 0 Å². The van der Waals surface area contributed by atoms with Crippen LogP contribution in [0.3, 0.4) is 0 Å². The van der Waals surface area contributed by atoms with Crippen LogP contribution in [0.4, 0.5) is 5.69 Å². The molecule has 0 aliphatic heterocycles. The lowest BCUT2D eigenvalue weighted by molar-refractivity contribution is 0.0196. The normalized spacial score (nSPS) is 25.3. The molecule has 0 bridgehead atoms. The first-order valence-electron chi connectivity index (χ1n) is 7.31. The summed E-state index contributed by atoms with van der Waals surface area (Å²) in [5.41, 5.74) is 6.79. The Kier molecular flexibility index (Phi) is 3.86. The number of nitrogens with one attached hydrogen (secondary N) is 1. The lowest BCUT2D eigenvalue weighted by atomic mass is 9.83. The highest BCUT2D eigenvalue weighted by Gasteiger charge is 2.29. The van der Waals surface area contributed by atoms with Gasteiger partial charge >= 0.3 is 0 Å². The number of rotatable bonds is 3. The van der Waals surface area contributed by atoms with E-state index in [9.17, 15) is 9.90 Å². The highest BCUT2D eigenvalue weighted by atomic mass is 79.9. The molecule has 1 saturated carbocycles. The van der Waals surface area contributed by atoms with Gasteiger partial charge in [-0.3, -0.25) is 4.79 Å². The van der Waals surface area contributed by atoms with E-state index >= 15 is 0 Å². The second kappa shape index (κ2) is 5.55. The van der Waals surface area contributed by atoms with Gasteiger partial charge in [0, 0.05) is 16.7 Å². The number of aromatic nitrogens is 2. The van der Waals surface area contributed by atoms with Gasteiger partial charge in [0.05, 0.1) is 28.6 Å². The van der Waals surface area contributed by atoms with Gasteiger partial charge in [0.2, 0.25) is 0 Å². The van der Waals surface area contributed by atoms with Crippen LogP contribution in [0.25, 0.3) is 5.52 Å². The molecule has 0 aromatic carbocycles. The minimum Gasteiger partial charge on any atom is -0.390 e. The smallest absolute Gasteiger partial charge is 0.252 e. The van der Waals surface area contributed by atoms with E-state index in [1.54, 1.807) is 4.52 Å². The van der Waals surface area contributed by atoms with E-state index in [-0.39, 0.29) is 6.04 Å². The number of carbonyl (C=O) groups is 1. The van der Waals surface area contributed by atoms with Crippen LogP contribution in [-0.2, 0) is 0 Å². The summed E-state index contributed by atoms with van der Waals surface area (Å²) in [6.45, 7) is 1.87. The maximum Gasteiger partial charge on any atom is 0.252 e. The average Bonchev–Trinajstić information content (AvgIpc) is 2.81. The van der Waals surface area contributed by atoms with Crippen LogP contribution in [0.15, 0.2) is 22.9 Å². The molecule has 0 spiro atoms. The third kappa shape index (κ3) is 2.96. The van der Waals surface area contributed by atoms with Crippen LogP contribution in [-0.4, -0.2) is 32.3 Å². The molecule has 2 aromatic rings. The van der Waals surface area contributed by atoms with E-state index in [0.29, 0.717) is 11.3 Å². The van der Waals surface area contributed by atoms with Crippen molar-refractivity contribution in [2.24, 2.45) is 5.73 Å². The maximum absolute atomic E-state index is 11.7. The number of fused-ring (bicyclic) bond motifs is 1. The number of aliphatic hydroxyl groups is 1. The number of amides is 1. The Bertz CT molecular complexity index is 716. The van der Waals surface area contributed by atoms with Crippen molar-refractivity contribution in [1.29, 1.82) is 0 Å². The molecule has 3 rings (SSSR count). The zero-order valence-electron chi connectivity index (χ0n) is 12.3.